The number of carbonyl (C=O) groups is 1. The van der Waals surface area contributed by atoms with E-state index in [9.17, 15) is 4.79 Å². The normalized spacial score (nSPS) is 19.7. The molecular formula is C27H31N3O. The van der Waals surface area contributed by atoms with Crippen LogP contribution in [0.3, 0.4) is 0 Å². The van der Waals surface area contributed by atoms with E-state index < -0.39 is 0 Å². The van der Waals surface area contributed by atoms with Crippen LogP contribution in [0.2, 0.25) is 0 Å². The molecule has 3 heterocycles. The van der Waals surface area contributed by atoms with Gasteiger partial charge in [0.05, 0.1) is 5.52 Å². The van der Waals surface area contributed by atoms with Crippen molar-refractivity contribution in [3.63, 3.8) is 0 Å². The van der Waals surface area contributed by atoms with Crippen molar-refractivity contribution in [1.29, 1.82) is 0 Å². The summed E-state index contributed by atoms with van der Waals surface area (Å²) in [6.07, 6.45) is 7.65. The van der Waals surface area contributed by atoms with E-state index in [0.29, 0.717) is 5.92 Å². The lowest BCUT2D eigenvalue weighted by atomic mass is 9.89. The molecule has 5 rings (SSSR count). The summed E-state index contributed by atoms with van der Waals surface area (Å²) in [5.41, 5.74) is 4.47. The predicted octanol–water partition coefficient (Wildman–Crippen LogP) is 4.93. The molecule has 0 aliphatic carbocycles. The average Bonchev–Trinajstić information content (AvgIpc) is 3.33. The molecule has 1 aromatic heterocycles. The van der Waals surface area contributed by atoms with Crippen molar-refractivity contribution in [3.8, 4) is 0 Å². The molecule has 2 fully saturated rings. The van der Waals surface area contributed by atoms with Crippen molar-refractivity contribution in [2.45, 2.75) is 38.6 Å². The Morgan fingerprint density at radius 2 is 1.74 bits per heavy atom. The van der Waals surface area contributed by atoms with Crippen LogP contribution < -0.4 is 0 Å². The molecule has 0 N–H and O–H groups in total. The van der Waals surface area contributed by atoms with Crippen LogP contribution in [-0.2, 0) is 13.0 Å². The number of likely N-dealkylation sites (tertiary alicyclic amines) is 2. The molecule has 160 valence electrons. The largest absolute Gasteiger partial charge is 0.338 e. The standard InChI is InChI=1S/C27H31N3O/c31-27(25-11-2-1-9-23(25)20-29-15-3-4-16-29)30-17-7-8-21(19-30)18-22-10-5-13-26-24(22)12-6-14-28-26/h1-2,5-6,9-14,21H,3-4,7-8,15-20H2/t21-/m1/s1. The maximum Gasteiger partial charge on any atom is 0.254 e. The van der Waals surface area contributed by atoms with Gasteiger partial charge in [-0.2, -0.15) is 0 Å². The van der Waals surface area contributed by atoms with Crippen LogP contribution in [0, 0.1) is 5.92 Å². The lowest BCUT2D eigenvalue weighted by Crippen LogP contribution is -2.41. The van der Waals surface area contributed by atoms with Crippen molar-refractivity contribution >= 4 is 16.8 Å². The summed E-state index contributed by atoms with van der Waals surface area (Å²) in [7, 11) is 0. The Hall–Kier alpha value is -2.72. The van der Waals surface area contributed by atoms with Gasteiger partial charge in [-0.25, -0.2) is 0 Å². The van der Waals surface area contributed by atoms with Crippen LogP contribution in [0.25, 0.3) is 10.9 Å². The van der Waals surface area contributed by atoms with E-state index >= 15 is 0 Å². The van der Waals surface area contributed by atoms with Crippen molar-refractivity contribution in [1.82, 2.24) is 14.8 Å². The molecule has 0 unspecified atom stereocenters. The first-order chi connectivity index (χ1) is 15.3. The number of hydrogen-bond donors (Lipinski definition) is 0. The van der Waals surface area contributed by atoms with Gasteiger partial charge >= 0.3 is 0 Å². The number of aromatic nitrogens is 1. The van der Waals surface area contributed by atoms with E-state index in [0.717, 1.165) is 56.6 Å². The third-order valence-electron chi connectivity index (χ3n) is 6.89. The van der Waals surface area contributed by atoms with E-state index in [4.69, 9.17) is 0 Å². The quantitative estimate of drug-likeness (QED) is 0.595. The zero-order valence-electron chi connectivity index (χ0n) is 18.2. The Balaban J connectivity index is 1.31. The Kier molecular flexibility index (Phi) is 5.99. The Morgan fingerprint density at radius 3 is 2.65 bits per heavy atom. The molecule has 4 heteroatoms. The molecule has 2 aliphatic heterocycles. The maximum atomic E-state index is 13.5. The molecule has 0 radical (unpaired) electrons. The highest BCUT2D eigenvalue weighted by molar-refractivity contribution is 5.95. The molecule has 2 saturated heterocycles. The maximum absolute atomic E-state index is 13.5. The van der Waals surface area contributed by atoms with E-state index in [2.05, 4.69) is 51.2 Å². The van der Waals surface area contributed by atoms with Crippen LogP contribution >= 0.6 is 0 Å². The molecule has 3 aromatic rings. The molecule has 1 atom stereocenters. The summed E-state index contributed by atoms with van der Waals surface area (Å²) in [4.78, 5) is 22.6. The van der Waals surface area contributed by atoms with Crippen molar-refractivity contribution in [3.05, 3.63) is 77.5 Å². The third kappa shape index (κ3) is 4.49. The molecular weight excluding hydrogens is 382 g/mol. The monoisotopic (exact) mass is 413 g/mol. The van der Waals surface area contributed by atoms with Gasteiger partial charge in [-0.1, -0.05) is 36.4 Å². The highest BCUT2D eigenvalue weighted by Gasteiger charge is 2.27. The summed E-state index contributed by atoms with van der Waals surface area (Å²) in [6.45, 7) is 4.89. The SMILES string of the molecule is O=C(c1ccccc1CN1CCCC1)N1CCC[C@H](Cc2cccc3ncccc23)C1. The van der Waals surface area contributed by atoms with Gasteiger partial charge in [0.25, 0.3) is 5.91 Å². The number of amides is 1. The number of carbonyl (C=O) groups excluding carboxylic acids is 1. The minimum absolute atomic E-state index is 0.207. The van der Waals surface area contributed by atoms with E-state index in [1.165, 1.54) is 35.8 Å². The van der Waals surface area contributed by atoms with E-state index in [1.807, 2.05) is 24.4 Å². The van der Waals surface area contributed by atoms with Crippen LogP contribution in [0.15, 0.2) is 60.8 Å². The summed E-state index contributed by atoms with van der Waals surface area (Å²) in [5, 5.41) is 1.24. The van der Waals surface area contributed by atoms with Gasteiger partial charge in [0, 0.05) is 36.8 Å². The van der Waals surface area contributed by atoms with Crippen LogP contribution in [0.4, 0.5) is 0 Å². The average molecular weight is 414 g/mol. The Morgan fingerprint density at radius 1 is 0.903 bits per heavy atom. The number of piperidine rings is 1. The number of fused-ring (bicyclic) bond motifs is 1. The molecule has 4 nitrogen and oxygen atoms in total. The van der Waals surface area contributed by atoms with Crippen molar-refractivity contribution in [2.75, 3.05) is 26.2 Å². The van der Waals surface area contributed by atoms with Crippen LogP contribution in [-0.4, -0.2) is 46.9 Å². The van der Waals surface area contributed by atoms with Gasteiger partial charge in [-0.3, -0.25) is 14.7 Å². The van der Waals surface area contributed by atoms with Crippen LogP contribution in [0.5, 0.6) is 0 Å². The second-order valence-corrected chi connectivity index (χ2v) is 9.09. The van der Waals surface area contributed by atoms with Crippen LogP contribution in [0.1, 0.15) is 47.2 Å². The van der Waals surface area contributed by atoms with Crippen molar-refractivity contribution in [2.24, 2.45) is 5.92 Å². The fourth-order valence-corrected chi connectivity index (χ4v) is 5.29. The second kappa shape index (κ2) is 9.19. The number of benzene rings is 2. The van der Waals surface area contributed by atoms with Gasteiger partial charge in [0.15, 0.2) is 0 Å². The molecule has 0 spiro atoms. The number of pyridine rings is 1. The summed E-state index contributed by atoms with van der Waals surface area (Å²) in [5.74, 6) is 0.702. The predicted molar refractivity (Wildman–Crippen MR) is 125 cm³/mol. The first-order valence-corrected chi connectivity index (χ1v) is 11.7. The number of nitrogens with zero attached hydrogens (tertiary/aromatic N) is 3. The Labute approximate surface area is 184 Å². The van der Waals surface area contributed by atoms with Crippen molar-refractivity contribution < 1.29 is 4.79 Å². The summed E-state index contributed by atoms with van der Waals surface area (Å²) in [6, 6.07) is 18.8. The highest BCUT2D eigenvalue weighted by atomic mass is 16.2. The zero-order chi connectivity index (χ0) is 21.0. The fourth-order valence-electron chi connectivity index (χ4n) is 5.29. The number of rotatable bonds is 5. The molecule has 0 bridgehead atoms. The highest BCUT2D eigenvalue weighted by Crippen LogP contribution is 2.27. The summed E-state index contributed by atoms with van der Waals surface area (Å²) >= 11 is 0. The zero-order valence-corrected chi connectivity index (χ0v) is 18.2. The second-order valence-electron chi connectivity index (χ2n) is 9.09. The van der Waals surface area contributed by atoms with Gasteiger partial charge in [-0.15, -0.1) is 0 Å². The first-order valence-electron chi connectivity index (χ1n) is 11.7. The van der Waals surface area contributed by atoms with Gasteiger partial charge in [0.2, 0.25) is 0 Å². The molecule has 0 saturated carbocycles. The van der Waals surface area contributed by atoms with Gasteiger partial charge in [-0.05, 0) is 80.4 Å². The molecule has 2 aromatic carbocycles. The number of hydrogen-bond acceptors (Lipinski definition) is 3. The smallest absolute Gasteiger partial charge is 0.254 e. The van der Waals surface area contributed by atoms with Gasteiger partial charge in [0.1, 0.15) is 0 Å². The van der Waals surface area contributed by atoms with Gasteiger partial charge < -0.3 is 4.90 Å². The minimum atomic E-state index is 0.207. The lowest BCUT2D eigenvalue weighted by molar-refractivity contribution is 0.0671. The topological polar surface area (TPSA) is 36.4 Å². The third-order valence-corrected chi connectivity index (χ3v) is 6.89. The van der Waals surface area contributed by atoms with E-state index in [-0.39, 0.29) is 5.91 Å². The first kappa shape index (κ1) is 20.2. The lowest BCUT2D eigenvalue weighted by Gasteiger charge is -2.33. The Bertz CT molecular complexity index is 1050. The fraction of sp³-hybridized carbons (Fsp3) is 0.407. The minimum Gasteiger partial charge on any atom is -0.338 e. The van der Waals surface area contributed by atoms with E-state index in [1.54, 1.807) is 0 Å². The molecule has 1 amide bonds. The molecule has 2 aliphatic rings. The molecule has 31 heavy (non-hydrogen) atoms. The summed E-state index contributed by atoms with van der Waals surface area (Å²) < 4.78 is 0.